The molecule has 0 aliphatic carbocycles. The van der Waals surface area contributed by atoms with Crippen LogP contribution in [0.4, 0.5) is 0 Å². The fraction of sp³-hybridized carbons (Fsp3) is 0.409. The number of rotatable bonds is 8. The van der Waals surface area contributed by atoms with Crippen molar-refractivity contribution in [2.24, 2.45) is 5.14 Å². The Kier molecular flexibility index (Phi) is 7.19. The fourth-order valence-electron chi connectivity index (χ4n) is 3.42. The molecule has 31 heavy (non-hydrogen) atoms. The number of sulfonamides is 1. The maximum absolute atomic E-state index is 12.9. The lowest BCUT2D eigenvalue weighted by Crippen LogP contribution is -2.39. The predicted octanol–water partition coefficient (Wildman–Crippen LogP) is 2.15. The van der Waals surface area contributed by atoms with Crippen molar-refractivity contribution in [3.05, 3.63) is 53.6 Å². The summed E-state index contributed by atoms with van der Waals surface area (Å²) in [5, 5.41) is 5.15. The summed E-state index contributed by atoms with van der Waals surface area (Å²) in [5.74, 6) is 1.44. The second kappa shape index (κ2) is 9.67. The molecule has 0 bridgehead atoms. The Hall–Kier alpha value is -2.62. The SMILES string of the molecule is CCN(Cc1ccc2c(c1)OCCO2)C(=O)CN(C)C(C)c1ccc(S(N)(=O)=O)cc1. The lowest BCUT2D eigenvalue weighted by Gasteiger charge is -2.28. The zero-order valence-electron chi connectivity index (χ0n) is 18.1. The molecule has 0 saturated carbocycles. The van der Waals surface area contributed by atoms with Crippen LogP contribution in [-0.4, -0.2) is 57.5 Å². The van der Waals surface area contributed by atoms with Gasteiger partial charge in [0.25, 0.3) is 0 Å². The van der Waals surface area contributed by atoms with Gasteiger partial charge in [-0.15, -0.1) is 0 Å². The molecule has 1 aliphatic heterocycles. The molecule has 1 unspecified atom stereocenters. The van der Waals surface area contributed by atoms with Crippen LogP contribution in [0.3, 0.4) is 0 Å². The Balaban J connectivity index is 1.63. The summed E-state index contributed by atoms with van der Waals surface area (Å²) in [6.07, 6.45) is 0. The van der Waals surface area contributed by atoms with Crippen molar-refractivity contribution < 1.29 is 22.7 Å². The summed E-state index contributed by atoms with van der Waals surface area (Å²) in [6, 6.07) is 12.1. The summed E-state index contributed by atoms with van der Waals surface area (Å²) in [6.45, 7) is 6.28. The van der Waals surface area contributed by atoms with Crippen LogP contribution < -0.4 is 14.6 Å². The number of fused-ring (bicyclic) bond motifs is 1. The molecule has 168 valence electrons. The molecule has 1 atom stereocenters. The summed E-state index contributed by atoms with van der Waals surface area (Å²) >= 11 is 0. The average Bonchev–Trinajstić information content (AvgIpc) is 2.76. The smallest absolute Gasteiger partial charge is 0.238 e. The first-order valence-corrected chi connectivity index (χ1v) is 11.7. The molecule has 0 spiro atoms. The third-order valence-electron chi connectivity index (χ3n) is 5.45. The molecule has 1 heterocycles. The molecule has 0 saturated heterocycles. The van der Waals surface area contributed by atoms with Crippen molar-refractivity contribution in [3.63, 3.8) is 0 Å². The molecule has 9 heteroatoms. The Morgan fingerprint density at radius 3 is 2.35 bits per heavy atom. The zero-order valence-corrected chi connectivity index (χ0v) is 18.9. The highest BCUT2D eigenvalue weighted by Crippen LogP contribution is 2.31. The molecule has 2 N–H and O–H groups in total. The highest BCUT2D eigenvalue weighted by molar-refractivity contribution is 7.89. The minimum atomic E-state index is -3.73. The maximum atomic E-state index is 12.9. The topological polar surface area (TPSA) is 102 Å². The molecule has 2 aromatic rings. The van der Waals surface area contributed by atoms with Crippen molar-refractivity contribution >= 4 is 15.9 Å². The molecule has 8 nitrogen and oxygen atoms in total. The summed E-state index contributed by atoms with van der Waals surface area (Å²) < 4.78 is 34.1. The van der Waals surface area contributed by atoms with Gasteiger partial charge in [-0.3, -0.25) is 9.69 Å². The van der Waals surface area contributed by atoms with Crippen LogP contribution in [0.25, 0.3) is 0 Å². The largest absolute Gasteiger partial charge is 0.486 e. The molecule has 3 rings (SSSR count). The Morgan fingerprint density at radius 1 is 1.10 bits per heavy atom. The van der Waals surface area contributed by atoms with E-state index in [-0.39, 0.29) is 23.4 Å². The number of carbonyl (C=O) groups is 1. The summed E-state index contributed by atoms with van der Waals surface area (Å²) in [7, 11) is -1.86. The van der Waals surface area contributed by atoms with Crippen LogP contribution >= 0.6 is 0 Å². The monoisotopic (exact) mass is 447 g/mol. The standard InChI is InChI=1S/C22H29N3O5S/c1-4-25(14-17-5-10-20-21(13-17)30-12-11-29-20)22(26)15-24(3)16(2)18-6-8-19(9-7-18)31(23,27)28/h5-10,13,16H,4,11-12,14-15H2,1-3H3,(H2,23,27,28). The quantitative estimate of drug-likeness (QED) is 0.665. The van der Waals surface area contributed by atoms with Crippen LogP contribution in [-0.2, 0) is 21.4 Å². The van der Waals surface area contributed by atoms with E-state index in [4.69, 9.17) is 14.6 Å². The lowest BCUT2D eigenvalue weighted by molar-refractivity contribution is -0.133. The third kappa shape index (κ3) is 5.75. The first-order valence-electron chi connectivity index (χ1n) is 10.2. The number of carbonyl (C=O) groups excluding carboxylic acids is 1. The highest BCUT2D eigenvalue weighted by Gasteiger charge is 2.20. The maximum Gasteiger partial charge on any atom is 0.238 e. The van der Waals surface area contributed by atoms with Gasteiger partial charge >= 0.3 is 0 Å². The van der Waals surface area contributed by atoms with E-state index in [1.165, 1.54) is 12.1 Å². The Morgan fingerprint density at radius 2 is 1.74 bits per heavy atom. The van der Waals surface area contributed by atoms with Crippen molar-refractivity contribution in [2.45, 2.75) is 31.3 Å². The van der Waals surface area contributed by atoms with E-state index >= 15 is 0 Å². The summed E-state index contributed by atoms with van der Waals surface area (Å²) in [4.78, 5) is 16.7. The molecular formula is C22H29N3O5S. The third-order valence-corrected chi connectivity index (χ3v) is 6.38. The van der Waals surface area contributed by atoms with E-state index in [0.717, 1.165) is 16.9 Å². The number of nitrogens with zero attached hydrogens (tertiary/aromatic N) is 2. The van der Waals surface area contributed by atoms with E-state index in [1.807, 2.05) is 44.0 Å². The van der Waals surface area contributed by atoms with E-state index in [2.05, 4.69) is 0 Å². The van der Waals surface area contributed by atoms with Crippen molar-refractivity contribution in [3.8, 4) is 11.5 Å². The number of amides is 1. The van der Waals surface area contributed by atoms with Gasteiger partial charge in [0.1, 0.15) is 13.2 Å². The molecule has 2 aromatic carbocycles. The number of hydrogen-bond donors (Lipinski definition) is 1. The number of ether oxygens (including phenoxy) is 2. The molecule has 0 radical (unpaired) electrons. The van der Waals surface area contributed by atoms with E-state index < -0.39 is 10.0 Å². The van der Waals surface area contributed by atoms with Gasteiger partial charge in [0, 0.05) is 19.1 Å². The number of benzene rings is 2. The minimum absolute atomic E-state index is 0.00731. The number of primary sulfonamides is 1. The van der Waals surface area contributed by atoms with E-state index in [9.17, 15) is 13.2 Å². The van der Waals surface area contributed by atoms with Crippen molar-refractivity contribution in [1.29, 1.82) is 0 Å². The average molecular weight is 448 g/mol. The Bertz CT molecular complexity index is 1020. The van der Waals surface area contributed by atoms with Crippen LogP contribution in [0.5, 0.6) is 11.5 Å². The molecule has 0 aromatic heterocycles. The molecule has 1 aliphatic rings. The van der Waals surface area contributed by atoms with Gasteiger partial charge in [0.15, 0.2) is 11.5 Å². The highest BCUT2D eigenvalue weighted by atomic mass is 32.2. The van der Waals surface area contributed by atoms with Crippen LogP contribution in [0.2, 0.25) is 0 Å². The van der Waals surface area contributed by atoms with E-state index in [1.54, 1.807) is 17.0 Å². The fourth-order valence-corrected chi connectivity index (χ4v) is 3.94. The second-order valence-corrected chi connectivity index (χ2v) is 9.15. The molecular weight excluding hydrogens is 418 g/mol. The number of likely N-dealkylation sites (N-methyl/N-ethyl adjacent to an activating group) is 2. The van der Waals surface area contributed by atoms with Gasteiger partial charge in [0.2, 0.25) is 15.9 Å². The van der Waals surface area contributed by atoms with Gasteiger partial charge in [0.05, 0.1) is 11.4 Å². The van der Waals surface area contributed by atoms with E-state index in [0.29, 0.717) is 32.1 Å². The first-order chi connectivity index (χ1) is 14.7. The first kappa shape index (κ1) is 23.1. The molecule has 0 fully saturated rings. The normalized spacial score (nSPS) is 14.4. The molecule has 1 amide bonds. The van der Waals surface area contributed by atoms with Crippen molar-refractivity contribution in [2.75, 3.05) is 33.4 Å². The number of hydrogen-bond acceptors (Lipinski definition) is 6. The van der Waals surface area contributed by atoms with Gasteiger partial charge in [-0.05, 0) is 56.3 Å². The van der Waals surface area contributed by atoms with Crippen LogP contribution in [0.15, 0.2) is 47.4 Å². The van der Waals surface area contributed by atoms with Crippen LogP contribution in [0, 0.1) is 0 Å². The van der Waals surface area contributed by atoms with Crippen molar-refractivity contribution in [1.82, 2.24) is 9.80 Å². The zero-order chi connectivity index (χ0) is 22.6. The van der Waals surface area contributed by atoms with Gasteiger partial charge < -0.3 is 14.4 Å². The summed E-state index contributed by atoms with van der Waals surface area (Å²) in [5.41, 5.74) is 1.88. The predicted molar refractivity (Wildman–Crippen MR) is 117 cm³/mol. The van der Waals surface area contributed by atoms with Crippen LogP contribution in [0.1, 0.15) is 31.0 Å². The second-order valence-electron chi connectivity index (χ2n) is 7.59. The van der Waals surface area contributed by atoms with Gasteiger partial charge in [-0.2, -0.15) is 0 Å². The van der Waals surface area contributed by atoms with Gasteiger partial charge in [-0.1, -0.05) is 18.2 Å². The van der Waals surface area contributed by atoms with Gasteiger partial charge in [-0.25, -0.2) is 13.6 Å². The minimum Gasteiger partial charge on any atom is -0.486 e. The lowest BCUT2D eigenvalue weighted by atomic mass is 10.1. The Labute approximate surface area is 183 Å². The number of nitrogens with two attached hydrogens (primary N) is 1.